The van der Waals surface area contributed by atoms with Crippen LogP contribution in [0.1, 0.15) is 82.8 Å². The average Bonchev–Trinajstić information content (AvgIpc) is 2.85. The van der Waals surface area contributed by atoms with Gasteiger partial charge in [-0.25, -0.2) is 8.78 Å². The second-order valence-electron chi connectivity index (χ2n) is 10.1. The van der Waals surface area contributed by atoms with Gasteiger partial charge in [-0.3, -0.25) is 9.59 Å². The van der Waals surface area contributed by atoms with Crippen LogP contribution >= 0.6 is 0 Å². The summed E-state index contributed by atoms with van der Waals surface area (Å²) in [6.45, 7) is 15.8. The largest absolute Gasteiger partial charge is 0.508 e. The number of hydrogen-bond acceptors (Lipinski definition) is 5. The molecule has 2 aromatic rings. The van der Waals surface area contributed by atoms with Gasteiger partial charge in [-0.15, -0.1) is 6.58 Å². The van der Waals surface area contributed by atoms with E-state index >= 15 is 0 Å². The van der Waals surface area contributed by atoms with Crippen LogP contribution < -0.4 is 5.32 Å². The van der Waals surface area contributed by atoms with Crippen molar-refractivity contribution >= 4 is 17.9 Å². The molecule has 0 fully saturated rings. The Bertz CT molecular complexity index is 1140. The van der Waals surface area contributed by atoms with Crippen molar-refractivity contribution in [1.82, 2.24) is 0 Å². The normalized spacial score (nSPS) is 12.6. The number of benzene rings is 2. The van der Waals surface area contributed by atoms with Crippen LogP contribution in [0, 0.1) is 5.82 Å². The number of aldehydes is 1. The van der Waals surface area contributed by atoms with Crippen LogP contribution in [-0.2, 0) is 21.6 Å². The predicted octanol–water partition coefficient (Wildman–Crippen LogP) is 7.40. The van der Waals surface area contributed by atoms with Crippen LogP contribution in [0.5, 0.6) is 5.75 Å². The van der Waals surface area contributed by atoms with Gasteiger partial charge in [0.1, 0.15) is 23.5 Å². The van der Waals surface area contributed by atoms with Crippen molar-refractivity contribution in [2.45, 2.75) is 78.9 Å². The van der Waals surface area contributed by atoms with Gasteiger partial charge in [-0.2, -0.15) is 0 Å². The second-order valence-corrected chi connectivity index (χ2v) is 10.1. The molecular weight excluding hydrogens is 504 g/mol. The summed E-state index contributed by atoms with van der Waals surface area (Å²) in [5.74, 6) is -1.41. The van der Waals surface area contributed by atoms with Gasteiger partial charge in [0.15, 0.2) is 0 Å². The number of methoxy groups -OCH3 is 1. The van der Waals surface area contributed by atoms with E-state index in [2.05, 4.69) is 18.8 Å². The molecule has 0 saturated carbocycles. The third kappa shape index (κ3) is 12.8. The fraction of sp³-hybridized carbons (Fsp3) is 0.419. The molecule has 0 radical (unpaired) electrons. The summed E-state index contributed by atoms with van der Waals surface area (Å²) in [6.07, 6.45) is 3.16. The van der Waals surface area contributed by atoms with Crippen LogP contribution in [0.15, 0.2) is 60.5 Å². The summed E-state index contributed by atoms with van der Waals surface area (Å²) in [6, 6.07) is 8.29. The van der Waals surface area contributed by atoms with Gasteiger partial charge in [0.2, 0.25) is 0 Å². The first-order valence-electron chi connectivity index (χ1n) is 12.6. The van der Waals surface area contributed by atoms with Crippen molar-refractivity contribution in [2.75, 3.05) is 12.4 Å². The zero-order chi connectivity index (χ0) is 30.4. The molecule has 216 valence electrons. The number of halogens is 2. The van der Waals surface area contributed by atoms with Crippen LogP contribution in [0.3, 0.4) is 0 Å². The smallest absolute Gasteiger partial charge is 0.256 e. The lowest BCUT2D eigenvalue weighted by Crippen LogP contribution is -2.44. The summed E-state index contributed by atoms with van der Waals surface area (Å²) in [4.78, 5) is 23.8. The SMILES string of the molecule is C/C=C(\C)F.C=C(C)CC.COCc1cc(NC(=O)C(C)(O)CC(C)(C)c2cc(F)ccc2O)ccc1C=O. The lowest BCUT2D eigenvalue weighted by Gasteiger charge is -2.33. The van der Waals surface area contributed by atoms with Crippen LogP contribution in [0.4, 0.5) is 14.5 Å². The number of anilines is 1. The number of allylic oxidation sites excluding steroid dienone is 3. The van der Waals surface area contributed by atoms with E-state index in [-0.39, 0.29) is 24.6 Å². The van der Waals surface area contributed by atoms with E-state index in [0.717, 1.165) is 12.5 Å². The molecular formula is C31H43F2NO5. The highest BCUT2D eigenvalue weighted by molar-refractivity contribution is 5.97. The number of aliphatic hydroxyl groups is 1. The van der Waals surface area contributed by atoms with Crippen molar-refractivity contribution in [1.29, 1.82) is 0 Å². The number of carbonyl (C=O) groups is 2. The van der Waals surface area contributed by atoms with Gasteiger partial charge < -0.3 is 20.3 Å². The summed E-state index contributed by atoms with van der Waals surface area (Å²) in [5.41, 5.74) is 0.291. The van der Waals surface area contributed by atoms with Gasteiger partial charge in [0, 0.05) is 23.9 Å². The van der Waals surface area contributed by atoms with Crippen molar-refractivity contribution in [3.8, 4) is 5.75 Å². The highest BCUT2D eigenvalue weighted by Gasteiger charge is 2.39. The summed E-state index contributed by atoms with van der Waals surface area (Å²) in [5, 5.41) is 23.5. The molecule has 0 spiro atoms. The van der Waals surface area contributed by atoms with E-state index in [9.17, 15) is 28.6 Å². The van der Waals surface area contributed by atoms with Crippen molar-refractivity contribution < 1.29 is 33.3 Å². The number of amides is 1. The molecule has 0 saturated heterocycles. The summed E-state index contributed by atoms with van der Waals surface area (Å²) < 4.78 is 30.0. The number of nitrogens with one attached hydrogen (secondary N) is 1. The molecule has 8 heteroatoms. The Morgan fingerprint density at radius 2 is 1.72 bits per heavy atom. The summed E-state index contributed by atoms with van der Waals surface area (Å²) >= 11 is 0. The highest BCUT2D eigenvalue weighted by Crippen LogP contribution is 2.38. The fourth-order valence-corrected chi connectivity index (χ4v) is 3.43. The zero-order valence-corrected chi connectivity index (χ0v) is 24.3. The van der Waals surface area contributed by atoms with Gasteiger partial charge in [-0.05, 0) is 87.9 Å². The molecule has 0 heterocycles. The maximum atomic E-state index is 13.6. The van der Waals surface area contributed by atoms with E-state index in [1.165, 1.54) is 44.7 Å². The Balaban J connectivity index is 0.00000123. The molecule has 1 amide bonds. The average molecular weight is 548 g/mol. The number of phenols is 1. The van der Waals surface area contributed by atoms with Crippen LogP contribution in [0.2, 0.25) is 0 Å². The number of aromatic hydroxyl groups is 1. The zero-order valence-electron chi connectivity index (χ0n) is 24.3. The number of phenolic OH excluding ortho intramolecular Hbond substituents is 1. The Hall–Kier alpha value is -3.36. The Kier molecular flexibility index (Phi) is 15.1. The minimum absolute atomic E-state index is 0.0692. The molecule has 6 nitrogen and oxygen atoms in total. The van der Waals surface area contributed by atoms with Crippen LogP contribution in [-0.4, -0.2) is 35.1 Å². The molecule has 1 atom stereocenters. The minimum atomic E-state index is -1.81. The first-order valence-corrected chi connectivity index (χ1v) is 12.6. The third-order valence-electron chi connectivity index (χ3n) is 5.79. The van der Waals surface area contributed by atoms with E-state index in [1.54, 1.807) is 39.0 Å². The molecule has 0 aliphatic rings. The van der Waals surface area contributed by atoms with E-state index < -0.39 is 22.7 Å². The Morgan fingerprint density at radius 3 is 2.18 bits per heavy atom. The van der Waals surface area contributed by atoms with Crippen molar-refractivity contribution in [3.63, 3.8) is 0 Å². The topological polar surface area (TPSA) is 95.9 Å². The molecule has 0 bridgehead atoms. The van der Waals surface area contributed by atoms with E-state index in [1.807, 2.05) is 6.92 Å². The van der Waals surface area contributed by atoms with Crippen molar-refractivity contribution in [2.24, 2.45) is 0 Å². The highest BCUT2D eigenvalue weighted by atomic mass is 19.1. The quantitative estimate of drug-likeness (QED) is 0.225. The molecule has 39 heavy (non-hydrogen) atoms. The maximum absolute atomic E-state index is 13.6. The molecule has 0 aromatic heterocycles. The first kappa shape index (κ1) is 35.6. The molecule has 2 aromatic carbocycles. The first-order chi connectivity index (χ1) is 18.0. The number of ether oxygens (including phenoxy) is 1. The monoisotopic (exact) mass is 547 g/mol. The maximum Gasteiger partial charge on any atom is 0.256 e. The molecule has 0 aliphatic heterocycles. The fourth-order valence-electron chi connectivity index (χ4n) is 3.43. The van der Waals surface area contributed by atoms with Gasteiger partial charge in [-0.1, -0.05) is 32.4 Å². The minimum Gasteiger partial charge on any atom is -0.508 e. The lowest BCUT2D eigenvalue weighted by atomic mass is 9.75. The Labute approximate surface area is 231 Å². The van der Waals surface area contributed by atoms with Crippen molar-refractivity contribution in [3.05, 3.63) is 83.0 Å². The summed E-state index contributed by atoms with van der Waals surface area (Å²) in [7, 11) is 1.49. The standard InChI is InChI=1S/C22H26FNO5.C5H10.C4H7F/c1-21(2,18-10-16(23)6-8-19(18)26)13-22(3,28)20(27)24-17-7-5-14(11-25)15(9-17)12-29-4;1-4-5(2)3;1-3-4(2)5/h5-11,26,28H,12-13H2,1-4H3,(H,24,27);2,4H2,1,3H3;3H,1-2H3/b;;4-3+. The third-order valence-corrected chi connectivity index (χ3v) is 5.79. The molecule has 3 N–H and O–H groups in total. The molecule has 0 aliphatic carbocycles. The van der Waals surface area contributed by atoms with Gasteiger partial charge >= 0.3 is 0 Å². The number of carbonyl (C=O) groups excluding carboxylic acids is 2. The second kappa shape index (κ2) is 16.6. The predicted molar refractivity (Wildman–Crippen MR) is 153 cm³/mol. The Morgan fingerprint density at radius 1 is 1.15 bits per heavy atom. The molecule has 1 unspecified atom stereocenters. The van der Waals surface area contributed by atoms with E-state index in [4.69, 9.17) is 4.74 Å². The number of hydrogen-bond donors (Lipinski definition) is 3. The number of rotatable bonds is 9. The van der Waals surface area contributed by atoms with E-state index in [0.29, 0.717) is 28.7 Å². The van der Waals surface area contributed by atoms with Gasteiger partial charge in [0.25, 0.3) is 5.91 Å². The molecule has 2 rings (SSSR count). The lowest BCUT2D eigenvalue weighted by molar-refractivity contribution is -0.134. The van der Waals surface area contributed by atoms with Crippen LogP contribution in [0.25, 0.3) is 0 Å². The van der Waals surface area contributed by atoms with Gasteiger partial charge in [0.05, 0.1) is 12.4 Å².